The van der Waals surface area contributed by atoms with Crippen molar-refractivity contribution >= 4 is 0 Å². The first-order valence-corrected chi connectivity index (χ1v) is 7.31. The van der Waals surface area contributed by atoms with Gasteiger partial charge in [0.15, 0.2) is 0 Å². The lowest BCUT2D eigenvalue weighted by Gasteiger charge is -2.16. The predicted molar refractivity (Wildman–Crippen MR) is 87.0 cm³/mol. The first-order valence-electron chi connectivity index (χ1n) is 7.31. The van der Waals surface area contributed by atoms with Crippen LogP contribution in [0.1, 0.15) is 18.9 Å². The van der Waals surface area contributed by atoms with Gasteiger partial charge in [-0.3, -0.25) is 0 Å². The molecular weight excluding hydrogens is 262 g/mol. The van der Waals surface area contributed by atoms with Crippen LogP contribution in [0.2, 0.25) is 0 Å². The summed E-state index contributed by atoms with van der Waals surface area (Å²) < 4.78 is 11.0. The summed E-state index contributed by atoms with van der Waals surface area (Å²) in [7, 11) is 3.38. The van der Waals surface area contributed by atoms with E-state index in [9.17, 15) is 0 Å². The van der Waals surface area contributed by atoms with Crippen molar-refractivity contribution in [1.29, 1.82) is 0 Å². The lowest BCUT2D eigenvalue weighted by molar-refractivity contribution is 0.397. The van der Waals surface area contributed by atoms with Crippen LogP contribution in [-0.4, -0.2) is 20.8 Å². The van der Waals surface area contributed by atoms with E-state index < -0.39 is 0 Å². The van der Waals surface area contributed by atoms with Crippen LogP contribution in [0.3, 0.4) is 0 Å². The molecule has 0 amide bonds. The Labute approximate surface area is 126 Å². The summed E-state index contributed by atoms with van der Waals surface area (Å²) in [5.74, 6) is 1.66. The number of nitrogens with one attached hydrogen (secondary N) is 1. The largest absolute Gasteiger partial charge is 0.496 e. The predicted octanol–water partition coefficient (Wildman–Crippen LogP) is 3.87. The molecule has 0 aliphatic heterocycles. The maximum atomic E-state index is 5.52. The molecule has 0 fully saturated rings. The van der Waals surface area contributed by atoms with E-state index in [0.29, 0.717) is 0 Å². The number of benzene rings is 2. The van der Waals surface area contributed by atoms with Gasteiger partial charge in [0.1, 0.15) is 11.5 Å². The van der Waals surface area contributed by atoms with Crippen LogP contribution in [-0.2, 0) is 6.54 Å². The number of hydrogen-bond donors (Lipinski definition) is 1. The first-order chi connectivity index (χ1) is 10.3. The number of hydrogen-bond acceptors (Lipinski definition) is 3. The Morgan fingerprint density at radius 3 is 2.19 bits per heavy atom. The monoisotopic (exact) mass is 285 g/mol. The van der Waals surface area contributed by atoms with Gasteiger partial charge in [0.2, 0.25) is 0 Å². The van der Waals surface area contributed by atoms with Crippen LogP contribution in [0.15, 0.2) is 42.5 Å². The molecule has 112 valence electrons. The molecule has 3 heteroatoms. The number of methoxy groups -OCH3 is 2. The van der Waals surface area contributed by atoms with E-state index in [2.05, 4.69) is 30.4 Å². The molecule has 0 aromatic heterocycles. The standard InChI is InChI=1S/C18H23NO2/c1-4-12-19-13-14-8-5-6-9-15(14)18-16(20-2)10-7-11-17(18)21-3/h5-11,19H,4,12-13H2,1-3H3. The highest BCUT2D eigenvalue weighted by Gasteiger charge is 2.15. The lowest BCUT2D eigenvalue weighted by Crippen LogP contribution is -2.14. The third kappa shape index (κ3) is 3.56. The van der Waals surface area contributed by atoms with Crippen LogP contribution in [0.5, 0.6) is 11.5 Å². The molecule has 0 saturated carbocycles. The Morgan fingerprint density at radius 2 is 1.57 bits per heavy atom. The molecule has 21 heavy (non-hydrogen) atoms. The molecule has 2 aromatic carbocycles. The second kappa shape index (κ2) is 7.70. The molecular formula is C18H23NO2. The topological polar surface area (TPSA) is 30.5 Å². The fraction of sp³-hybridized carbons (Fsp3) is 0.333. The van der Waals surface area contributed by atoms with Crippen molar-refractivity contribution in [2.45, 2.75) is 19.9 Å². The molecule has 0 atom stereocenters. The normalized spacial score (nSPS) is 10.4. The zero-order valence-electron chi connectivity index (χ0n) is 13.0. The van der Waals surface area contributed by atoms with Crippen molar-refractivity contribution in [2.75, 3.05) is 20.8 Å². The van der Waals surface area contributed by atoms with Crippen LogP contribution in [0.25, 0.3) is 11.1 Å². The minimum Gasteiger partial charge on any atom is -0.496 e. The van der Waals surface area contributed by atoms with E-state index in [4.69, 9.17) is 9.47 Å². The van der Waals surface area contributed by atoms with Crippen molar-refractivity contribution in [1.82, 2.24) is 5.32 Å². The van der Waals surface area contributed by atoms with Gasteiger partial charge in [0.05, 0.1) is 19.8 Å². The maximum Gasteiger partial charge on any atom is 0.130 e. The molecule has 0 saturated heterocycles. The Bertz CT molecular complexity index is 559. The average Bonchev–Trinajstić information content (AvgIpc) is 2.54. The highest BCUT2D eigenvalue weighted by atomic mass is 16.5. The van der Waals surface area contributed by atoms with Gasteiger partial charge in [-0.05, 0) is 36.2 Å². The third-order valence-electron chi connectivity index (χ3n) is 3.46. The molecule has 0 heterocycles. The summed E-state index contributed by atoms with van der Waals surface area (Å²) in [5, 5.41) is 3.45. The van der Waals surface area contributed by atoms with E-state index in [-0.39, 0.29) is 0 Å². The molecule has 2 rings (SSSR count). The van der Waals surface area contributed by atoms with Crippen LogP contribution in [0, 0.1) is 0 Å². The van der Waals surface area contributed by atoms with Crippen molar-refractivity contribution in [3.63, 3.8) is 0 Å². The van der Waals surface area contributed by atoms with Crippen molar-refractivity contribution < 1.29 is 9.47 Å². The van der Waals surface area contributed by atoms with Gasteiger partial charge in [0, 0.05) is 6.54 Å². The SMILES string of the molecule is CCCNCc1ccccc1-c1c(OC)cccc1OC. The van der Waals surface area contributed by atoms with Gasteiger partial charge < -0.3 is 14.8 Å². The summed E-state index contributed by atoms with van der Waals surface area (Å²) in [4.78, 5) is 0. The lowest BCUT2D eigenvalue weighted by atomic mass is 9.97. The van der Waals surface area contributed by atoms with Gasteiger partial charge in [0.25, 0.3) is 0 Å². The summed E-state index contributed by atoms with van der Waals surface area (Å²) in [5.41, 5.74) is 3.40. The van der Waals surface area contributed by atoms with Gasteiger partial charge >= 0.3 is 0 Å². The Kier molecular flexibility index (Phi) is 5.64. The highest BCUT2D eigenvalue weighted by Crippen LogP contribution is 2.39. The second-order valence-electron chi connectivity index (χ2n) is 4.87. The third-order valence-corrected chi connectivity index (χ3v) is 3.46. The molecule has 1 N–H and O–H groups in total. The summed E-state index contributed by atoms with van der Waals surface area (Å²) in [6, 6.07) is 14.2. The van der Waals surface area contributed by atoms with Crippen molar-refractivity contribution in [3.05, 3.63) is 48.0 Å². The van der Waals surface area contributed by atoms with Gasteiger partial charge in [-0.1, -0.05) is 37.3 Å². The highest BCUT2D eigenvalue weighted by molar-refractivity contribution is 5.79. The number of ether oxygens (including phenoxy) is 2. The molecule has 0 radical (unpaired) electrons. The Balaban J connectivity index is 2.46. The molecule has 0 bridgehead atoms. The van der Waals surface area contributed by atoms with Gasteiger partial charge in [-0.2, -0.15) is 0 Å². The quantitative estimate of drug-likeness (QED) is 0.783. The molecule has 0 unspecified atom stereocenters. The minimum atomic E-state index is 0.831. The minimum absolute atomic E-state index is 0.831. The first kappa shape index (κ1) is 15.4. The summed E-state index contributed by atoms with van der Waals surface area (Å²) in [6.07, 6.45) is 1.13. The van der Waals surface area contributed by atoms with Crippen LogP contribution >= 0.6 is 0 Å². The van der Waals surface area contributed by atoms with E-state index in [1.165, 1.54) is 5.56 Å². The Hall–Kier alpha value is -2.00. The second-order valence-corrected chi connectivity index (χ2v) is 4.87. The molecule has 0 spiro atoms. The fourth-order valence-corrected chi connectivity index (χ4v) is 2.43. The summed E-state index contributed by atoms with van der Waals surface area (Å²) in [6.45, 7) is 4.02. The van der Waals surface area contributed by atoms with E-state index >= 15 is 0 Å². The van der Waals surface area contributed by atoms with E-state index in [1.807, 2.05) is 24.3 Å². The molecule has 0 aliphatic carbocycles. The van der Waals surface area contributed by atoms with Crippen LogP contribution in [0.4, 0.5) is 0 Å². The smallest absolute Gasteiger partial charge is 0.130 e. The zero-order chi connectivity index (χ0) is 15.1. The molecule has 0 aliphatic rings. The maximum absolute atomic E-state index is 5.52. The molecule has 2 aromatic rings. The zero-order valence-corrected chi connectivity index (χ0v) is 13.0. The fourth-order valence-electron chi connectivity index (χ4n) is 2.43. The van der Waals surface area contributed by atoms with E-state index in [1.54, 1.807) is 14.2 Å². The average molecular weight is 285 g/mol. The van der Waals surface area contributed by atoms with Gasteiger partial charge in [-0.15, -0.1) is 0 Å². The van der Waals surface area contributed by atoms with E-state index in [0.717, 1.165) is 42.1 Å². The Morgan fingerprint density at radius 1 is 0.905 bits per heavy atom. The van der Waals surface area contributed by atoms with Crippen LogP contribution < -0.4 is 14.8 Å². The van der Waals surface area contributed by atoms with Crippen molar-refractivity contribution in [2.24, 2.45) is 0 Å². The number of rotatable bonds is 7. The van der Waals surface area contributed by atoms with Gasteiger partial charge in [-0.25, -0.2) is 0 Å². The van der Waals surface area contributed by atoms with Crippen molar-refractivity contribution in [3.8, 4) is 22.6 Å². The summed E-state index contributed by atoms with van der Waals surface area (Å²) >= 11 is 0. The molecule has 3 nitrogen and oxygen atoms in total.